The van der Waals surface area contributed by atoms with Crippen LogP contribution in [0.15, 0.2) is 29.1 Å². The molecule has 3 rings (SSSR count). The van der Waals surface area contributed by atoms with Crippen LogP contribution in [0.25, 0.3) is 5.69 Å². The summed E-state index contributed by atoms with van der Waals surface area (Å²) in [7, 11) is 0. The third-order valence-electron chi connectivity index (χ3n) is 5.37. The van der Waals surface area contributed by atoms with Gasteiger partial charge in [0.15, 0.2) is 0 Å². The van der Waals surface area contributed by atoms with Gasteiger partial charge in [-0.2, -0.15) is 5.10 Å². The molecule has 2 N–H and O–H groups in total. The van der Waals surface area contributed by atoms with Gasteiger partial charge in [0.1, 0.15) is 5.82 Å². The summed E-state index contributed by atoms with van der Waals surface area (Å²) < 4.78 is 3.19. The molecule has 2 aromatic rings. The molecule has 2 heterocycles. The number of nitrogens with one attached hydrogen (secondary N) is 1. The summed E-state index contributed by atoms with van der Waals surface area (Å²) in [5.74, 6) is 0.0790. The lowest BCUT2D eigenvalue weighted by Crippen LogP contribution is -2.30. The Morgan fingerprint density at radius 3 is 2.54 bits per heavy atom. The Bertz CT molecular complexity index is 838. The van der Waals surface area contributed by atoms with Crippen LogP contribution in [0.1, 0.15) is 37.6 Å². The number of aromatic nitrogens is 3. The van der Waals surface area contributed by atoms with Gasteiger partial charge in [-0.25, -0.2) is 14.0 Å². The van der Waals surface area contributed by atoms with Crippen molar-refractivity contribution in [2.75, 3.05) is 13.1 Å². The lowest BCUT2D eigenvalue weighted by molar-refractivity contribution is -0.141. The summed E-state index contributed by atoms with van der Waals surface area (Å²) in [6.07, 6.45) is 3.76. The molecule has 1 unspecified atom stereocenters. The molecule has 1 atom stereocenters. The molecule has 1 saturated heterocycles. The lowest BCUT2D eigenvalue weighted by Gasteiger charge is -2.22. The van der Waals surface area contributed by atoms with Crippen molar-refractivity contribution in [3.8, 4) is 5.69 Å². The van der Waals surface area contributed by atoms with Crippen LogP contribution in [-0.2, 0) is 17.8 Å². The Hall–Kier alpha value is -2.12. The zero-order valence-corrected chi connectivity index (χ0v) is 17.2. The van der Waals surface area contributed by atoms with Gasteiger partial charge in [-0.3, -0.25) is 4.79 Å². The molecule has 1 aliphatic heterocycles. The maximum absolute atomic E-state index is 12.8. The van der Waals surface area contributed by atoms with Gasteiger partial charge in [-0.15, -0.1) is 12.4 Å². The van der Waals surface area contributed by atoms with Crippen LogP contribution in [0.5, 0.6) is 0 Å². The predicted molar refractivity (Wildman–Crippen MR) is 111 cm³/mol. The first-order valence-corrected chi connectivity index (χ1v) is 9.65. The van der Waals surface area contributed by atoms with Crippen LogP contribution in [-0.4, -0.2) is 38.5 Å². The maximum Gasteiger partial charge on any atom is 0.350 e. The number of benzene rings is 1. The van der Waals surface area contributed by atoms with Gasteiger partial charge in [0, 0.05) is 6.54 Å². The van der Waals surface area contributed by atoms with Gasteiger partial charge in [0.2, 0.25) is 0 Å². The number of rotatable bonds is 7. The number of hydrogen-bond acceptors (Lipinski definition) is 4. The van der Waals surface area contributed by atoms with E-state index in [2.05, 4.69) is 10.4 Å². The van der Waals surface area contributed by atoms with Crippen molar-refractivity contribution in [2.45, 2.75) is 46.1 Å². The average molecular weight is 409 g/mol. The molecule has 28 heavy (non-hydrogen) atoms. The van der Waals surface area contributed by atoms with E-state index in [0.29, 0.717) is 24.7 Å². The Kier molecular flexibility index (Phi) is 7.83. The van der Waals surface area contributed by atoms with E-state index in [0.717, 1.165) is 43.6 Å². The quantitative estimate of drug-likeness (QED) is 0.734. The normalized spacial score (nSPS) is 15.8. The molecule has 154 valence electrons. The molecule has 8 heteroatoms. The highest BCUT2D eigenvalue weighted by atomic mass is 35.5. The molecule has 0 saturated carbocycles. The summed E-state index contributed by atoms with van der Waals surface area (Å²) in [6, 6.07) is 7.48. The number of aliphatic carboxylic acids is 1. The van der Waals surface area contributed by atoms with Crippen molar-refractivity contribution in [2.24, 2.45) is 11.8 Å². The minimum Gasteiger partial charge on any atom is -0.481 e. The monoisotopic (exact) mass is 408 g/mol. The Labute approximate surface area is 171 Å². The second-order valence-corrected chi connectivity index (χ2v) is 7.48. The van der Waals surface area contributed by atoms with Crippen LogP contribution in [0.2, 0.25) is 0 Å². The van der Waals surface area contributed by atoms with Crippen LogP contribution in [0, 0.1) is 18.8 Å². The van der Waals surface area contributed by atoms with Crippen molar-refractivity contribution in [3.63, 3.8) is 0 Å². The van der Waals surface area contributed by atoms with Crippen LogP contribution in [0.4, 0.5) is 0 Å². The highest BCUT2D eigenvalue weighted by molar-refractivity contribution is 5.85. The van der Waals surface area contributed by atoms with Crippen molar-refractivity contribution in [1.82, 2.24) is 19.7 Å². The second kappa shape index (κ2) is 9.89. The first-order chi connectivity index (χ1) is 13.0. The zero-order valence-electron chi connectivity index (χ0n) is 16.4. The van der Waals surface area contributed by atoms with Gasteiger partial charge >= 0.3 is 11.7 Å². The number of hydrogen-bond donors (Lipinski definition) is 2. The van der Waals surface area contributed by atoms with E-state index in [1.54, 1.807) is 16.2 Å². The highest BCUT2D eigenvalue weighted by Gasteiger charge is 2.17. The summed E-state index contributed by atoms with van der Waals surface area (Å²) >= 11 is 0. The number of piperidine rings is 1. The van der Waals surface area contributed by atoms with Gasteiger partial charge in [0.05, 0.1) is 11.6 Å². The van der Waals surface area contributed by atoms with E-state index < -0.39 is 11.9 Å². The van der Waals surface area contributed by atoms with Gasteiger partial charge in [0.25, 0.3) is 0 Å². The first kappa shape index (κ1) is 22.2. The fourth-order valence-electron chi connectivity index (χ4n) is 3.66. The molecule has 0 bridgehead atoms. The third kappa shape index (κ3) is 5.23. The topological polar surface area (TPSA) is 89.2 Å². The zero-order chi connectivity index (χ0) is 19.4. The van der Waals surface area contributed by atoms with E-state index in [1.807, 2.05) is 31.2 Å². The number of halogens is 1. The largest absolute Gasteiger partial charge is 0.481 e. The van der Waals surface area contributed by atoms with Gasteiger partial charge in [-0.1, -0.05) is 19.1 Å². The Morgan fingerprint density at radius 2 is 1.93 bits per heavy atom. The molecule has 1 aromatic carbocycles. The number of carboxylic acids is 1. The minimum atomic E-state index is -0.804. The van der Waals surface area contributed by atoms with Crippen molar-refractivity contribution >= 4 is 18.4 Å². The molecular weight excluding hydrogens is 380 g/mol. The van der Waals surface area contributed by atoms with E-state index in [-0.39, 0.29) is 18.1 Å². The lowest BCUT2D eigenvalue weighted by atomic mass is 9.95. The molecule has 1 fully saturated rings. The van der Waals surface area contributed by atoms with E-state index in [1.165, 1.54) is 0 Å². The Balaban J connectivity index is 0.00000280. The van der Waals surface area contributed by atoms with E-state index >= 15 is 0 Å². The van der Waals surface area contributed by atoms with Crippen LogP contribution < -0.4 is 11.0 Å². The van der Waals surface area contributed by atoms with Crippen LogP contribution in [0.3, 0.4) is 0 Å². The van der Waals surface area contributed by atoms with Crippen molar-refractivity contribution in [3.05, 3.63) is 46.1 Å². The number of carbonyl (C=O) groups is 1. The molecule has 1 aromatic heterocycles. The first-order valence-electron chi connectivity index (χ1n) is 9.65. The number of aryl methyl sites for hydroxylation is 2. The predicted octanol–water partition coefficient (Wildman–Crippen LogP) is 2.42. The molecule has 0 radical (unpaired) electrons. The molecule has 0 spiro atoms. The fraction of sp³-hybridized carbons (Fsp3) is 0.550. The SMILES string of the molecule is Cc1nn(CCC2CCNCC2)c(=O)n1-c1ccc(CC(C)C(=O)O)cc1.Cl. The summed E-state index contributed by atoms with van der Waals surface area (Å²) in [5.41, 5.74) is 1.59. The average Bonchev–Trinajstić information content (AvgIpc) is 2.95. The van der Waals surface area contributed by atoms with Crippen molar-refractivity contribution < 1.29 is 9.90 Å². The highest BCUT2D eigenvalue weighted by Crippen LogP contribution is 2.17. The molecule has 0 aliphatic carbocycles. The Morgan fingerprint density at radius 1 is 1.29 bits per heavy atom. The second-order valence-electron chi connectivity index (χ2n) is 7.48. The standard InChI is InChI=1S/C20H28N4O3.ClH/c1-14(19(25)26)13-17-3-5-18(6-4-17)24-15(2)22-23(20(24)27)12-9-16-7-10-21-11-8-16;/h3-6,14,16,21H,7-13H2,1-2H3,(H,25,26);1H. The summed E-state index contributed by atoms with van der Waals surface area (Å²) in [6.45, 7) is 6.28. The van der Waals surface area contributed by atoms with Gasteiger partial charge in [-0.05, 0) is 69.3 Å². The minimum absolute atomic E-state index is 0. The van der Waals surface area contributed by atoms with Crippen LogP contribution >= 0.6 is 12.4 Å². The van der Waals surface area contributed by atoms with Gasteiger partial charge < -0.3 is 10.4 Å². The molecule has 1 aliphatic rings. The van der Waals surface area contributed by atoms with Crippen molar-refractivity contribution in [1.29, 1.82) is 0 Å². The number of carboxylic acid groups (broad SMARTS) is 1. The summed E-state index contributed by atoms with van der Waals surface area (Å²) in [5, 5.41) is 16.8. The van der Waals surface area contributed by atoms with E-state index in [4.69, 9.17) is 5.11 Å². The third-order valence-corrected chi connectivity index (χ3v) is 5.37. The summed E-state index contributed by atoms with van der Waals surface area (Å²) in [4.78, 5) is 23.8. The molecule has 7 nitrogen and oxygen atoms in total. The smallest absolute Gasteiger partial charge is 0.350 e. The maximum atomic E-state index is 12.8. The molecular formula is C20H29ClN4O3. The van der Waals surface area contributed by atoms with E-state index in [9.17, 15) is 9.59 Å². The number of nitrogens with zero attached hydrogens (tertiary/aromatic N) is 3. The fourth-order valence-corrected chi connectivity index (χ4v) is 3.66. The molecule has 0 amide bonds.